The van der Waals surface area contributed by atoms with Crippen LogP contribution >= 0.6 is 0 Å². The van der Waals surface area contributed by atoms with Crippen molar-refractivity contribution in [1.82, 2.24) is 0 Å². The highest BCUT2D eigenvalue weighted by Gasteiger charge is 2.55. The zero-order valence-electron chi connectivity index (χ0n) is 9.35. The van der Waals surface area contributed by atoms with E-state index >= 15 is 0 Å². The highest BCUT2D eigenvalue weighted by molar-refractivity contribution is 5.04. The van der Waals surface area contributed by atoms with Gasteiger partial charge in [-0.25, -0.2) is 0 Å². The maximum atomic E-state index is 2.44. The minimum absolute atomic E-state index is 0.665. The predicted octanol–water partition coefficient (Wildman–Crippen LogP) is 4.10. The van der Waals surface area contributed by atoms with Crippen molar-refractivity contribution in [2.75, 3.05) is 0 Å². The van der Waals surface area contributed by atoms with E-state index in [1.165, 1.54) is 19.3 Å². The van der Waals surface area contributed by atoms with E-state index in [-0.39, 0.29) is 0 Å². The molecule has 0 bridgehead atoms. The smallest absolute Gasteiger partial charge is 0.0292 e. The van der Waals surface area contributed by atoms with Crippen LogP contribution in [-0.4, -0.2) is 0 Å². The van der Waals surface area contributed by atoms with E-state index in [1.54, 1.807) is 0 Å². The Morgan fingerprint density at radius 2 is 1.75 bits per heavy atom. The first-order chi connectivity index (χ1) is 5.54. The second-order valence-electron chi connectivity index (χ2n) is 5.19. The highest BCUT2D eigenvalue weighted by atomic mass is 14.6. The third-order valence-electron chi connectivity index (χ3n) is 4.08. The van der Waals surface area contributed by atoms with E-state index in [0.29, 0.717) is 5.41 Å². The second-order valence-corrected chi connectivity index (χ2v) is 5.19. The van der Waals surface area contributed by atoms with Crippen molar-refractivity contribution in [2.45, 2.75) is 53.9 Å². The molecule has 3 unspecified atom stereocenters. The molecule has 1 aliphatic rings. The molecule has 0 aliphatic heterocycles. The van der Waals surface area contributed by atoms with E-state index in [0.717, 1.165) is 17.8 Å². The van der Waals surface area contributed by atoms with Gasteiger partial charge in [0.2, 0.25) is 0 Å². The Morgan fingerprint density at radius 1 is 1.17 bits per heavy atom. The Balaban J connectivity index is 2.37. The summed E-state index contributed by atoms with van der Waals surface area (Å²) in [6, 6.07) is 0. The van der Waals surface area contributed by atoms with E-state index in [9.17, 15) is 0 Å². The van der Waals surface area contributed by atoms with Gasteiger partial charge in [-0.05, 0) is 29.6 Å². The summed E-state index contributed by atoms with van der Waals surface area (Å²) in [5.74, 6) is 2.98. The van der Waals surface area contributed by atoms with E-state index in [4.69, 9.17) is 0 Å². The highest BCUT2D eigenvalue weighted by Crippen LogP contribution is 2.62. The third kappa shape index (κ3) is 1.67. The Labute approximate surface area is 77.7 Å². The number of rotatable bonds is 4. The minimum atomic E-state index is 0.665. The van der Waals surface area contributed by atoms with Crippen LogP contribution < -0.4 is 0 Å². The summed E-state index contributed by atoms with van der Waals surface area (Å²) in [5, 5.41) is 0. The molecule has 3 atom stereocenters. The molecule has 0 radical (unpaired) electrons. The third-order valence-corrected chi connectivity index (χ3v) is 4.08. The van der Waals surface area contributed by atoms with Crippen molar-refractivity contribution in [3.63, 3.8) is 0 Å². The molecule has 0 amide bonds. The van der Waals surface area contributed by atoms with Gasteiger partial charge >= 0.3 is 0 Å². The van der Waals surface area contributed by atoms with Gasteiger partial charge in [0, 0.05) is 0 Å². The zero-order valence-corrected chi connectivity index (χ0v) is 9.35. The molecule has 0 heterocycles. The van der Waals surface area contributed by atoms with Crippen molar-refractivity contribution in [1.29, 1.82) is 0 Å². The lowest BCUT2D eigenvalue weighted by Crippen LogP contribution is -1.97. The van der Waals surface area contributed by atoms with E-state index < -0.39 is 0 Å². The average molecular weight is 168 g/mol. The van der Waals surface area contributed by atoms with Gasteiger partial charge in [0.15, 0.2) is 0 Å². The van der Waals surface area contributed by atoms with Crippen LogP contribution in [0.25, 0.3) is 0 Å². The molecule has 1 saturated carbocycles. The van der Waals surface area contributed by atoms with Crippen molar-refractivity contribution in [3.05, 3.63) is 0 Å². The van der Waals surface area contributed by atoms with Crippen LogP contribution in [0, 0.1) is 23.2 Å². The number of hydrogen-bond acceptors (Lipinski definition) is 0. The first-order valence-electron chi connectivity index (χ1n) is 5.54. The van der Waals surface area contributed by atoms with Crippen molar-refractivity contribution in [2.24, 2.45) is 23.2 Å². The summed E-state index contributed by atoms with van der Waals surface area (Å²) >= 11 is 0. The molecule has 1 aliphatic carbocycles. The van der Waals surface area contributed by atoms with E-state index in [2.05, 4.69) is 34.6 Å². The lowest BCUT2D eigenvalue weighted by Gasteiger charge is -2.08. The Kier molecular flexibility index (Phi) is 2.85. The lowest BCUT2D eigenvalue weighted by atomic mass is 9.98. The molecule has 12 heavy (non-hydrogen) atoms. The monoisotopic (exact) mass is 168 g/mol. The van der Waals surface area contributed by atoms with Gasteiger partial charge in [0.25, 0.3) is 0 Å². The SMILES string of the molecule is CCC(C)CC1C(CC)C1(C)C. The van der Waals surface area contributed by atoms with Crippen LogP contribution in [0.15, 0.2) is 0 Å². The summed E-state index contributed by atoms with van der Waals surface area (Å²) in [7, 11) is 0. The molecule has 0 aromatic carbocycles. The van der Waals surface area contributed by atoms with Gasteiger partial charge in [-0.1, -0.05) is 47.5 Å². The summed E-state index contributed by atoms with van der Waals surface area (Å²) in [6.45, 7) is 11.9. The molecule has 72 valence electrons. The molecule has 0 aromatic rings. The Bertz CT molecular complexity index is 146. The first kappa shape index (κ1) is 10.1. The van der Waals surface area contributed by atoms with Crippen LogP contribution in [0.2, 0.25) is 0 Å². The first-order valence-corrected chi connectivity index (χ1v) is 5.54. The maximum Gasteiger partial charge on any atom is -0.0292 e. The van der Waals surface area contributed by atoms with E-state index in [1.807, 2.05) is 0 Å². The van der Waals surface area contributed by atoms with Gasteiger partial charge in [0.1, 0.15) is 0 Å². The molecule has 1 fully saturated rings. The average Bonchev–Trinajstić information content (AvgIpc) is 2.53. The summed E-state index contributed by atoms with van der Waals surface area (Å²) in [5.41, 5.74) is 0.665. The molecular weight excluding hydrogens is 144 g/mol. The van der Waals surface area contributed by atoms with Crippen LogP contribution in [0.3, 0.4) is 0 Å². The fraction of sp³-hybridized carbons (Fsp3) is 1.00. The second kappa shape index (κ2) is 3.40. The summed E-state index contributed by atoms with van der Waals surface area (Å²) in [4.78, 5) is 0. The fourth-order valence-corrected chi connectivity index (χ4v) is 2.74. The van der Waals surface area contributed by atoms with Crippen LogP contribution in [0.4, 0.5) is 0 Å². The number of hydrogen-bond donors (Lipinski definition) is 0. The van der Waals surface area contributed by atoms with Crippen LogP contribution in [-0.2, 0) is 0 Å². The quantitative estimate of drug-likeness (QED) is 0.592. The topological polar surface area (TPSA) is 0 Å². The summed E-state index contributed by atoms with van der Waals surface area (Å²) < 4.78 is 0. The molecule has 0 N–H and O–H groups in total. The maximum absolute atomic E-state index is 2.44. The molecule has 0 spiro atoms. The fourth-order valence-electron chi connectivity index (χ4n) is 2.74. The van der Waals surface area contributed by atoms with Gasteiger partial charge in [-0.2, -0.15) is 0 Å². The van der Waals surface area contributed by atoms with Gasteiger partial charge in [0.05, 0.1) is 0 Å². The van der Waals surface area contributed by atoms with Crippen LogP contribution in [0.5, 0.6) is 0 Å². The van der Waals surface area contributed by atoms with Crippen molar-refractivity contribution < 1.29 is 0 Å². The Hall–Kier alpha value is 0. The molecule has 0 nitrogen and oxygen atoms in total. The molecule has 0 aromatic heterocycles. The standard InChI is InChI=1S/C12H24/c1-6-9(3)8-11-10(7-2)12(11,4)5/h9-11H,6-8H2,1-5H3. The molecule has 0 heteroatoms. The zero-order chi connectivity index (χ0) is 9.35. The predicted molar refractivity (Wildman–Crippen MR) is 55.1 cm³/mol. The normalized spacial score (nSPS) is 34.8. The molecular formula is C12H24. The lowest BCUT2D eigenvalue weighted by molar-refractivity contribution is 0.429. The van der Waals surface area contributed by atoms with Gasteiger partial charge in [-0.15, -0.1) is 0 Å². The minimum Gasteiger partial charge on any atom is -0.0651 e. The summed E-state index contributed by atoms with van der Waals surface area (Å²) in [6.07, 6.45) is 4.19. The Morgan fingerprint density at radius 3 is 2.08 bits per heavy atom. The largest absolute Gasteiger partial charge is 0.0651 e. The van der Waals surface area contributed by atoms with Gasteiger partial charge < -0.3 is 0 Å². The van der Waals surface area contributed by atoms with Crippen LogP contribution in [0.1, 0.15) is 53.9 Å². The molecule has 1 rings (SSSR count). The van der Waals surface area contributed by atoms with Crippen molar-refractivity contribution in [3.8, 4) is 0 Å². The van der Waals surface area contributed by atoms with Crippen molar-refractivity contribution >= 4 is 0 Å². The van der Waals surface area contributed by atoms with Gasteiger partial charge in [-0.3, -0.25) is 0 Å². The molecule has 0 saturated heterocycles.